The summed E-state index contributed by atoms with van der Waals surface area (Å²) in [4.78, 5) is 2.52. The van der Waals surface area contributed by atoms with Crippen molar-refractivity contribution in [2.24, 2.45) is 17.8 Å². The zero-order valence-electron chi connectivity index (χ0n) is 12.8. The van der Waals surface area contributed by atoms with E-state index >= 15 is 0 Å². The monoisotopic (exact) mass is 273 g/mol. The first kappa shape index (κ1) is 13.9. The highest BCUT2D eigenvalue weighted by molar-refractivity contribution is 5.55. The lowest BCUT2D eigenvalue weighted by atomic mass is 9.79. The Bertz CT molecular complexity index is 458. The van der Waals surface area contributed by atoms with E-state index in [0.29, 0.717) is 11.8 Å². The molecule has 4 unspecified atom stereocenters. The third kappa shape index (κ3) is 2.85. The minimum absolute atomic E-state index is 0.101. The number of rotatable bonds is 2. The fourth-order valence-electron chi connectivity index (χ4n) is 4.04. The van der Waals surface area contributed by atoms with Crippen molar-refractivity contribution in [3.63, 3.8) is 0 Å². The summed E-state index contributed by atoms with van der Waals surface area (Å²) >= 11 is 0. The van der Waals surface area contributed by atoms with Crippen LogP contribution in [0.5, 0.6) is 0 Å². The smallest absolute Gasteiger partial charge is 0.0585 e. The molecule has 1 N–H and O–H groups in total. The van der Waals surface area contributed by atoms with Crippen LogP contribution in [0.1, 0.15) is 38.7 Å². The Balaban J connectivity index is 1.77. The van der Waals surface area contributed by atoms with Crippen molar-refractivity contribution in [1.82, 2.24) is 0 Å². The van der Waals surface area contributed by atoms with E-state index in [4.69, 9.17) is 0 Å². The lowest BCUT2D eigenvalue weighted by Gasteiger charge is -2.40. The number of benzene rings is 1. The Morgan fingerprint density at radius 1 is 1.15 bits per heavy atom. The first-order chi connectivity index (χ1) is 9.63. The average Bonchev–Trinajstić information content (AvgIpc) is 2.43. The number of hydrogen-bond donors (Lipinski definition) is 1. The van der Waals surface area contributed by atoms with Crippen LogP contribution in [0.2, 0.25) is 0 Å². The third-order valence-electron chi connectivity index (χ3n) is 5.09. The van der Waals surface area contributed by atoms with Gasteiger partial charge in [0.1, 0.15) is 0 Å². The molecule has 3 rings (SSSR count). The van der Waals surface area contributed by atoms with Gasteiger partial charge in [-0.2, -0.15) is 0 Å². The van der Waals surface area contributed by atoms with Crippen LogP contribution in [0.15, 0.2) is 24.3 Å². The molecule has 0 saturated heterocycles. The zero-order chi connectivity index (χ0) is 14.1. The van der Waals surface area contributed by atoms with Gasteiger partial charge in [-0.15, -0.1) is 0 Å². The number of aliphatic hydroxyl groups is 1. The summed E-state index contributed by atoms with van der Waals surface area (Å²) < 4.78 is 0. The van der Waals surface area contributed by atoms with Gasteiger partial charge in [-0.25, -0.2) is 0 Å². The van der Waals surface area contributed by atoms with Crippen molar-refractivity contribution in [3.05, 3.63) is 29.8 Å². The molecule has 1 aromatic rings. The van der Waals surface area contributed by atoms with Crippen LogP contribution in [-0.2, 0) is 6.42 Å². The lowest BCUT2D eigenvalue weighted by Crippen LogP contribution is -2.42. The molecule has 0 radical (unpaired) electrons. The summed E-state index contributed by atoms with van der Waals surface area (Å²) in [5, 5.41) is 10.3. The number of anilines is 1. The van der Waals surface area contributed by atoms with E-state index in [1.54, 1.807) is 0 Å². The van der Waals surface area contributed by atoms with Gasteiger partial charge in [-0.05, 0) is 49.1 Å². The number of aliphatic hydroxyl groups excluding tert-OH is 1. The van der Waals surface area contributed by atoms with Gasteiger partial charge < -0.3 is 10.0 Å². The van der Waals surface area contributed by atoms with Gasteiger partial charge >= 0.3 is 0 Å². The van der Waals surface area contributed by atoms with Gasteiger partial charge in [0.2, 0.25) is 0 Å². The Hall–Kier alpha value is -1.02. The van der Waals surface area contributed by atoms with E-state index in [1.165, 1.54) is 30.5 Å². The molecule has 1 aromatic carbocycles. The predicted molar refractivity (Wildman–Crippen MR) is 84.0 cm³/mol. The maximum absolute atomic E-state index is 10.3. The molecular formula is C18H27NO. The number of para-hydroxylation sites is 1. The van der Waals surface area contributed by atoms with Crippen LogP contribution < -0.4 is 4.90 Å². The minimum Gasteiger partial charge on any atom is -0.393 e. The zero-order valence-corrected chi connectivity index (χ0v) is 12.8. The van der Waals surface area contributed by atoms with Crippen molar-refractivity contribution < 1.29 is 5.11 Å². The lowest BCUT2D eigenvalue weighted by molar-refractivity contribution is 0.0546. The molecule has 0 spiro atoms. The highest BCUT2D eigenvalue weighted by Crippen LogP contribution is 2.34. The average molecular weight is 273 g/mol. The Morgan fingerprint density at radius 3 is 2.80 bits per heavy atom. The van der Waals surface area contributed by atoms with Crippen LogP contribution in [-0.4, -0.2) is 24.3 Å². The molecule has 1 aliphatic heterocycles. The number of nitrogens with zero attached hydrogens (tertiary/aromatic N) is 1. The van der Waals surface area contributed by atoms with Gasteiger partial charge in [0.15, 0.2) is 0 Å². The van der Waals surface area contributed by atoms with E-state index in [-0.39, 0.29) is 6.10 Å². The van der Waals surface area contributed by atoms with E-state index in [0.717, 1.165) is 25.4 Å². The van der Waals surface area contributed by atoms with E-state index in [9.17, 15) is 5.11 Å². The van der Waals surface area contributed by atoms with Crippen molar-refractivity contribution in [3.8, 4) is 0 Å². The summed E-state index contributed by atoms with van der Waals surface area (Å²) in [5.74, 6) is 1.92. The van der Waals surface area contributed by atoms with Crippen LogP contribution in [0.25, 0.3) is 0 Å². The van der Waals surface area contributed by atoms with Gasteiger partial charge in [-0.3, -0.25) is 0 Å². The maximum atomic E-state index is 10.3. The second-order valence-electron chi connectivity index (χ2n) is 7.09. The standard InChI is InChI=1S/C18H27NO/c1-13-7-8-18(20)16(9-13)12-19-11-14(2)10-15-5-3-4-6-17(15)19/h3-6,13-14,16,18,20H,7-12H2,1-2H3. The Labute approximate surface area is 122 Å². The van der Waals surface area contributed by atoms with Crippen LogP contribution >= 0.6 is 0 Å². The van der Waals surface area contributed by atoms with Crippen LogP contribution in [0, 0.1) is 17.8 Å². The molecule has 4 atom stereocenters. The fraction of sp³-hybridized carbons (Fsp3) is 0.667. The summed E-state index contributed by atoms with van der Waals surface area (Å²) in [7, 11) is 0. The maximum Gasteiger partial charge on any atom is 0.0585 e. The summed E-state index contributed by atoms with van der Waals surface area (Å²) in [5.41, 5.74) is 2.88. The second-order valence-corrected chi connectivity index (χ2v) is 7.09. The quantitative estimate of drug-likeness (QED) is 0.891. The van der Waals surface area contributed by atoms with E-state index in [2.05, 4.69) is 43.0 Å². The first-order valence-electron chi connectivity index (χ1n) is 8.14. The minimum atomic E-state index is -0.101. The van der Waals surface area contributed by atoms with Crippen molar-refractivity contribution >= 4 is 5.69 Å². The van der Waals surface area contributed by atoms with E-state index < -0.39 is 0 Å². The Morgan fingerprint density at radius 2 is 1.95 bits per heavy atom. The molecule has 20 heavy (non-hydrogen) atoms. The molecule has 1 heterocycles. The molecule has 2 aliphatic rings. The molecule has 2 heteroatoms. The number of fused-ring (bicyclic) bond motifs is 1. The summed E-state index contributed by atoms with van der Waals surface area (Å²) in [6.07, 6.45) is 4.43. The van der Waals surface area contributed by atoms with Crippen molar-refractivity contribution in [2.75, 3.05) is 18.0 Å². The molecule has 110 valence electrons. The van der Waals surface area contributed by atoms with Crippen molar-refractivity contribution in [1.29, 1.82) is 0 Å². The second kappa shape index (κ2) is 5.77. The first-order valence-corrected chi connectivity index (χ1v) is 8.14. The molecule has 0 amide bonds. The van der Waals surface area contributed by atoms with Crippen LogP contribution in [0.3, 0.4) is 0 Å². The molecule has 2 nitrogen and oxygen atoms in total. The van der Waals surface area contributed by atoms with Crippen molar-refractivity contribution in [2.45, 2.75) is 45.6 Å². The predicted octanol–water partition coefficient (Wildman–Crippen LogP) is 3.48. The largest absolute Gasteiger partial charge is 0.393 e. The molecule has 0 bridgehead atoms. The van der Waals surface area contributed by atoms with Crippen LogP contribution in [0.4, 0.5) is 5.69 Å². The van der Waals surface area contributed by atoms with E-state index in [1.807, 2.05) is 0 Å². The molecule has 1 fully saturated rings. The highest BCUT2D eigenvalue weighted by atomic mass is 16.3. The summed E-state index contributed by atoms with van der Waals surface area (Å²) in [6.45, 7) is 6.82. The molecular weight excluding hydrogens is 246 g/mol. The Kier molecular flexibility index (Phi) is 4.02. The van der Waals surface area contributed by atoms with Gasteiger partial charge in [-0.1, -0.05) is 32.0 Å². The fourth-order valence-corrected chi connectivity index (χ4v) is 4.04. The van der Waals surface area contributed by atoms with Gasteiger partial charge in [0, 0.05) is 24.7 Å². The highest BCUT2D eigenvalue weighted by Gasteiger charge is 2.30. The number of hydrogen-bond acceptors (Lipinski definition) is 2. The topological polar surface area (TPSA) is 23.5 Å². The molecule has 1 aliphatic carbocycles. The molecule has 0 aromatic heterocycles. The SMILES string of the molecule is CC1CCC(O)C(CN2CC(C)Cc3ccccc32)C1. The third-order valence-corrected chi connectivity index (χ3v) is 5.09. The normalized spacial score (nSPS) is 33.9. The van der Waals surface area contributed by atoms with Gasteiger partial charge in [0.25, 0.3) is 0 Å². The van der Waals surface area contributed by atoms with Gasteiger partial charge in [0.05, 0.1) is 6.10 Å². The molecule has 1 saturated carbocycles. The summed E-state index contributed by atoms with van der Waals surface area (Å²) in [6, 6.07) is 8.80.